The van der Waals surface area contributed by atoms with Crippen LogP contribution in [0.25, 0.3) is 0 Å². The summed E-state index contributed by atoms with van der Waals surface area (Å²) in [6.07, 6.45) is 5.02. The molecule has 18 heavy (non-hydrogen) atoms. The Morgan fingerprint density at radius 2 is 2.39 bits per heavy atom. The lowest BCUT2D eigenvalue weighted by atomic mass is 10.0. The molecule has 100 valence electrons. The van der Waals surface area contributed by atoms with Crippen molar-refractivity contribution in [3.8, 4) is 0 Å². The molecule has 1 aliphatic rings. The fourth-order valence-electron chi connectivity index (χ4n) is 2.41. The number of pyridine rings is 1. The van der Waals surface area contributed by atoms with Crippen LogP contribution in [0.4, 0.5) is 5.69 Å². The maximum atomic E-state index is 5.93. The molecule has 0 amide bonds. The summed E-state index contributed by atoms with van der Waals surface area (Å²) >= 11 is 0. The standard InChI is InChI=1S/C14H23N3O/c1-11(2)7-13-10-17(5-6-18-13)9-12-3-4-16-8-14(12)15/h3-4,8,11,13H,5-7,9-10,15H2,1-2H3. The van der Waals surface area contributed by atoms with Crippen molar-refractivity contribution >= 4 is 5.69 Å². The average Bonchev–Trinajstić information content (AvgIpc) is 2.32. The minimum Gasteiger partial charge on any atom is -0.397 e. The second kappa shape index (κ2) is 6.16. The maximum Gasteiger partial charge on any atom is 0.0705 e. The highest BCUT2D eigenvalue weighted by Crippen LogP contribution is 2.17. The van der Waals surface area contributed by atoms with Crippen LogP contribution >= 0.6 is 0 Å². The van der Waals surface area contributed by atoms with Crippen molar-refractivity contribution in [1.29, 1.82) is 0 Å². The van der Waals surface area contributed by atoms with Gasteiger partial charge in [0.2, 0.25) is 0 Å². The Bertz CT molecular complexity index is 381. The lowest BCUT2D eigenvalue weighted by molar-refractivity contribution is -0.0399. The van der Waals surface area contributed by atoms with Crippen molar-refractivity contribution in [2.24, 2.45) is 5.92 Å². The Kier molecular flexibility index (Phi) is 4.55. The van der Waals surface area contributed by atoms with Crippen molar-refractivity contribution in [3.05, 3.63) is 24.0 Å². The Labute approximate surface area is 109 Å². The average molecular weight is 249 g/mol. The molecule has 1 atom stereocenters. The molecule has 2 heterocycles. The van der Waals surface area contributed by atoms with E-state index in [1.54, 1.807) is 12.4 Å². The molecule has 1 aliphatic heterocycles. The molecule has 1 fully saturated rings. The van der Waals surface area contributed by atoms with Crippen LogP contribution in [-0.2, 0) is 11.3 Å². The number of anilines is 1. The third kappa shape index (κ3) is 3.68. The van der Waals surface area contributed by atoms with Gasteiger partial charge in [0.15, 0.2) is 0 Å². The Morgan fingerprint density at radius 3 is 3.11 bits per heavy atom. The van der Waals surface area contributed by atoms with Crippen LogP contribution in [0.15, 0.2) is 18.5 Å². The van der Waals surface area contributed by atoms with Crippen LogP contribution in [0, 0.1) is 5.92 Å². The molecule has 4 nitrogen and oxygen atoms in total. The fourth-order valence-corrected chi connectivity index (χ4v) is 2.41. The number of hydrogen-bond donors (Lipinski definition) is 1. The summed E-state index contributed by atoms with van der Waals surface area (Å²) in [5.74, 6) is 0.681. The van der Waals surface area contributed by atoms with Crippen LogP contribution in [0.2, 0.25) is 0 Å². The van der Waals surface area contributed by atoms with Crippen molar-refractivity contribution in [1.82, 2.24) is 9.88 Å². The molecule has 1 aromatic rings. The van der Waals surface area contributed by atoms with Gasteiger partial charge in [-0.05, 0) is 24.0 Å². The van der Waals surface area contributed by atoms with E-state index in [0.717, 1.165) is 43.9 Å². The van der Waals surface area contributed by atoms with E-state index in [0.29, 0.717) is 12.0 Å². The molecule has 0 bridgehead atoms. The van der Waals surface area contributed by atoms with Gasteiger partial charge in [0.25, 0.3) is 0 Å². The van der Waals surface area contributed by atoms with E-state index in [-0.39, 0.29) is 0 Å². The van der Waals surface area contributed by atoms with E-state index in [9.17, 15) is 0 Å². The summed E-state index contributed by atoms with van der Waals surface area (Å²) < 4.78 is 5.80. The van der Waals surface area contributed by atoms with E-state index in [1.165, 1.54) is 0 Å². The van der Waals surface area contributed by atoms with Crippen molar-refractivity contribution < 1.29 is 4.74 Å². The first-order chi connectivity index (χ1) is 8.65. The summed E-state index contributed by atoms with van der Waals surface area (Å²) in [6, 6.07) is 2.00. The molecule has 2 N–H and O–H groups in total. The molecule has 0 spiro atoms. The minimum absolute atomic E-state index is 0.363. The molecule has 4 heteroatoms. The van der Waals surface area contributed by atoms with Crippen LogP contribution in [-0.4, -0.2) is 35.7 Å². The van der Waals surface area contributed by atoms with E-state index in [4.69, 9.17) is 10.5 Å². The van der Waals surface area contributed by atoms with E-state index >= 15 is 0 Å². The Balaban J connectivity index is 1.91. The van der Waals surface area contributed by atoms with E-state index in [2.05, 4.69) is 23.7 Å². The van der Waals surface area contributed by atoms with E-state index in [1.807, 2.05) is 6.07 Å². The summed E-state index contributed by atoms with van der Waals surface area (Å²) in [4.78, 5) is 6.44. The molecule has 0 saturated carbocycles. The highest BCUT2D eigenvalue weighted by Gasteiger charge is 2.21. The van der Waals surface area contributed by atoms with Gasteiger partial charge in [-0.1, -0.05) is 13.8 Å². The number of nitrogen functional groups attached to an aromatic ring is 1. The van der Waals surface area contributed by atoms with E-state index < -0.39 is 0 Å². The normalized spacial score (nSPS) is 21.4. The van der Waals surface area contributed by atoms with Gasteiger partial charge in [-0.3, -0.25) is 9.88 Å². The number of aromatic nitrogens is 1. The predicted octanol–water partition coefficient (Wildman–Crippen LogP) is 1.91. The number of nitrogens with two attached hydrogens (primary N) is 1. The van der Waals surface area contributed by atoms with Gasteiger partial charge in [0, 0.05) is 25.8 Å². The number of ether oxygens (including phenoxy) is 1. The first-order valence-corrected chi connectivity index (χ1v) is 6.67. The quantitative estimate of drug-likeness (QED) is 0.885. The third-order valence-corrected chi connectivity index (χ3v) is 3.30. The zero-order valence-electron chi connectivity index (χ0n) is 11.3. The summed E-state index contributed by atoms with van der Waals surface area (Å²) in [5.41, 5.74) is 7.88. The van der Waals surface area contributed by atoms with Gasteiger partial charge in [0.1, 0.15) is 0 Å². The van der Waals surface area contributed by atoms with Crippen LogP contribution < -0.4 is 5.73 Å². The van der Waals surface area contributed by atoms with Gasteiger partial charge in [-0.15, -0.1) is 0 Å². The monoisotopic (exact) mass is 249 g/mol. The van der Waals surface area contributed by atoms with Crippen molar-refractivity contribution in [2.75, 3.05) is 25.4 Å². The molecular weight excluding hydrogens is 226 g/mol. The number of nitrogens with zero attached hydrogens (tertiary/aromatic N) is 2. The molecule has 2 rings (SSSR count). The van der Waals surface area contributed by atoms with Gasteiger partial charge in [0.05, 0.1) is 24.6 Å². The van der Waals surface area contributed by atoms with Crippen molar-refractivity contribution in [3.63, 3.8) is 0 Å². The Morgan fingerprint density at radius 1 is 1.56 bits per heavy atom. The SMILES string of the molecule is CC(C)CC1CN(Cc2ccncc2N)CCO1. The van der Waals surface area contributed by atoms with Gasteiger partial charge in [-0.25, -0.2) is 0 Å². The predicted molar refractivity (Wildman–Crippen MR) is 73.1 cm³/mol. The summed E-state index contributed by atoms with van der Waals surface area (Å²) in [5, 5.41) is 0. The first-order valence-electron chi connectivity index (χ1n) is 6.67. The van der Waals surface area contributed by atoms with Crippen molar-refractivity contribution in [2.45, 2.75) is 32.9 Å². The fraction of sp³-hybridized carbons (Fsp3) is 0.643. The second-order valence-electron chi connectivity index (χ2n) is 5.43. The number of rotatable bonds is 4. The first kappa shape index (κ1) is 13.3. The topological polar surface area (TPSA) is 51.4 Å². The molecule has 1 unspecified atom stereocenters. The molecule has 0 aromatic carbocycles. The lowest BCUT2D eigenvalue weighted by Gasteiger charge is -2.33. The zero-order valence-corrected chi connectivity index (χ0v) is 11.3. The second-order valence-corrected chi connectivity index (χ2v) is 5.43. The highest BCUT2D eigenvalue weighted by molar-refractivity contribution is 5.43. The van der Waals surface area contributed by atoms with Crippen LogP contribution in [0.3, 0.4) is 0 Å². The van der Waals surface area contributed by atoms with Gasteiger partial charge in [-0.2, -0.15) is 0 Å². The summed E-state index contributed by atoms with van der Waals surface area (Å²) in [7, 11) is 0. The minimum atomic E-state index is 0.363. The lowest BCUT2D eigenvalue weighted by Crippen LogP contribution is -2.42. The number of morpholine rings is 1. The Hall–Kier alpha value is -1.13. The molecule has 1 saturated heterocycles. The largest absolute Gasteiger partial charge is 0.397 e. The third-order valence-electron chi connectivity index (χ3n) is 3.30. The maximum absolute atomic E-state index is 5.93. The summed E-state index contributed by atoms with van der Waals surface area (Å²) in [6.45, 7) is 8.18. The highest BCUT2D eigenvalue weighted by atomic mass is 16.5. The number of hydrogen-bond acceptors (Lipinski definition) is 4. The molecular formula is C14H23N3O. The van der Waals surface area contributed by atoms with Gasteiger partial charge >= 0.3 is 0 Å². The molecule has 0 aliphatic carbocycles. The zero-order chi connectivity index (χ0) is 13.0. The van der Waals surface area contributed by atoms with Crippen LogP contribution in [0.5, 0.6) is 0 Å². The molecule has 1 aromatic heterocycles. The van der Waals surface area contributed by atoms with Gasteiger partial charge < -0.3 is 10.5 Å². The molecule has 0 radical (unpaired) electrons. The smallest absolute Gasteiger partial charge is 0.0705 e. The van der Waals surface area contributed by atoms with Crippen LogP contribution in [0.1, 0.15) is 25.8 Å².